The number of aliphatic hydroxyl groups is 1. The van der Waals surface area contributed by atoms with E-state index in [1.54, 1.807) is 6.07 Å². The summed E-state index contributed by atoms with van der Waals surface area (Å²) in [5, 5.41) is 9.25. The van der Waals surface area contributed by atoms with E-state index in [1.807, 2.05) is 18.2 Å². The van der Waals surface area contributed by atoms with Gasteiger partial charge in [-0.05, 0) is 36.9 Å². The Bertz CT molecular complexity index is 436. The van der Waals surface area contributed by atoms with Gasteiger partial charge >= 0.3 is 0 Å². The molecule has 1 heterocycles. The summed E-state index contributed by atoms with van der Waals surface area (Å²) in [6.07, 6.45) is 2.18. The van der Waals surface area contributed by atoms with Crippen molar-refractivity contribution in [2.24, 2.45) is 11.8 Å². The lowest BCUT2D eigenvalue weighted by molar-refractivity contribution is 0.0946. The van der Waals surface area contributed by atoms with Crippen LogP contribution in [0, 0.1) is 5.92 Å². The summed E-state index contributed by atoms with van der Waals surface area (Å²) in [6, 6.07) is 7.50. The summed E-state index contributed by atoms with van der Waals surface area (Å²) in [5.74, 6) is 5.30. The summed E-state index contributed by atoms with van der Waals surface area (Å²) in [5.41, 5.74) is 3.78. The number of hydrogen-bond acceptors (Lipinski definition) is 4. The molecular formula is C14H21N3O2. The molecule has 0 aliphatic carbocycles. The maximum Gasteiger partial charge on any atom is 0.265 e. The molecule has 2 rings (SSSR count). The Balaban J connectivity index is 2.08. The molecule has 0 bridgehead atoms. The number of piperidine rings is 1. The van der Waals surface area contributed by atoms with Crippen molar-refractivity contribution in [3.8, 4) is 0 Å². The van der Waals surface area contributed by atoms with E-state index in [4.69, 9.17) is 5.84 Å². The van der Waals surface area contributed by atoms with Crippen molar-refractivity contribution < 1.29 is 9.90 Å². The predicted octanol–water partition coefficient (Wildman–Crippen LogP) is 0.494. The first-order valence-electron chi connectivity index (χ1n) is 6.66. The average Bonchev–Trinajstić information content (AvgIpc) is 2.47. The Morgan fingerprint density at radius 3 is 3.00 bits per heavy atom. The summed E-state index contributed by atoms with van der Waals surface area (Å²) >= 11 is 0. The SMILES string of the molecule is NNC(=O)c1ccccc1CN1CCCC(CO)C1. The largest absolute Gasteiger partial charge is 0.396 e. The summed E-state index contributed by atoms with van der Waals surface area (Å²) in [6.45, 7) is 2.85. The molecule has 1 aliphatic heterocycles. The van der Waals surface area contributed by atoms with Gasteiger partial charge in [0.2, 0.25) is 0 Å². The summed E-state index contributed by atoms with van der Waals surface area (Å²) in [4.78, 5) is 14.0. The highest BCUT2D eigenvalue weighted by atomic mass is 16.3. The molecule has 0 saturated carbocycles. The smallest absolute Gasteiger partial charge is 0.265 e. The van der Waals surface area contributed by atoms with Gasteiger partial charge in [-0.1, -0.05) is 18.2 Å². The van der Waals surface area contributed by atoms with Gasteiger partial charge in [-0.25, -0.2) is 5.84 Å². The van der Waals surface area contributed by atoms with E-state index in [1.165, 1.54) is 0 Å². The second kappa shape index (κ2) is 6.65. The van der Waals surface area contributed by atoms with Crippen molar-refractivity contribution in [2.45, 2.75) is 19.4 Å². The minimum atomic E-state index is -0.258. The molecule has 4 N–H and O–H groups in total. The van der Waals surface area contributed by atoms with E-state index in [9.17, 15) is 9.90 Å². The number of rotatable bonds is 4. The molecule has 104 valence electrons. The van der Waals surface area contributed by atoms with Crippen LogP contribution >= 0.6 is 0 Å². The van der Waals surface area contributed by atoms with E-state index in [0.29, 0.717) is 11.5 Å². The molecule has 1 fully saturated rings. The molecule has 1 unspecified atom stereocenters. The summed E-state index contributed by atoms with van der Waals surface area (Å²) in [7, 11) is 0. The van der Waals surface area contributed by atoms with Gasteiger partial charge in [0.05, 0.1) is 0 Å². The van der Waals surface area contributed by atoms with Crippen LogP contribution in [0.3, 0.4) is 0 Å². The van der Waals surface area contributed by atoms with Crippen LogP contribution in [0.2, 0.25) is 0 Å². The Kier molecular flexibility index (Phi) is 4.90. The third-order valence-electron chi connectivity index (χ3n) is 3.65. The van der Waals surface area contributed by atoms with Crippen LogP contribution in [-0.4, -0.2) is 35.6 Å². The van der Waals surface area contributed by atoms with E-state index in [2.05, 4.69) is 10.3 Å². The molecule has 5 nitrogen and oxygen atoms in total. The standard InChI is InChI=1S/C14H21N3O2/c15-16-14(19)13-6-2-1-5-12(13)9-17-7-3-4-11(8-17)10-18/h1-2,5-6,11,18H,3-4,7-10,15H2,(H,16,19). The maximum absolute atomic E-state index is 11.7. The van der Waals surface area contributed by atoms with Crippen LogP contribution in [0.1, 0.15) is 28.8 Å². The average molecular weight is 263 g/mol. The van der Waals surface area contributed by atoms with Gasteiger partial charge in [0.1, 0.15) is 0 Å². The number of hydrazine groups is 1. The highest BCUT2D eigenvalue weighted by Crippen LogP contribution is 2.19. The van der Waals surface area contributed by atoms with Crippen molar-refractivity contribution >= 4 is 5.91 Å². The molecule has 0 spiro atoms. The molecule has 1 aliphatic rings. The van der Waals surface area contributed by atoms with Crippen molar-refractivity contribution in [3.05, 3.63) is 35.4 Å². The maximum atomic E-state index is 11.7. The van der Waals surface area contributed by atoms with Gasteiger partial charge in [-0.3, -0.25) is 15.1 Å². The van der Waals surface area contributed by atoms with Crippen LogP contribution in [-0.2, 0) is 6.54 Å². The first kappa shape index (κ1) is 14.0. The van der Waals surface area contributed by atoms with Crippen LogP contribution in [0.25, 0.3) is 0 Å². The van der Waals surface area contributed by atoms with Gasteiger partial charge in [-0.2, -0.15) is 0 Å². The number of amides is 1. The zero-order valence-electron chi connectivity index (χ0n) is 11.0. The Morgan fingerprint density at radius 2 is 2.26 bits per heavy atom. The van der Waals surface area contributed by atoms with Crippen molar-refractivity contribution in [2.75, 3.05) is 19.7 Å². The fourth-order valence-electron chi connectivity index (χ4n) is 2.64. The van der Waals surface area contributed by atoms with Gasteiger partial charge in [0.25, 0.3) is 5.91 Å². The monoisotopic (exact) mass is 263 g/mol. The summed E-state index contributed by atoms with van der Waals surface area (Å²) < 4.78 is 0. The van der Waals surface area contributed by atoms with E-state index >= 15 is 0 Å². The topological polar surface area (TPSA) is 78.6 Å². The quantitative estimate of drug-likeness (QED) is 0.420. The fraction of sp³-hybridized carbons (Fsp3) is 0.500. The lowest BCUT2D eigenvalue weighted by Crippen LogP contribution is -2.37. The van der Waals surface area contributed by atoms with Crippen LogP contribution in [0.15, 0.2) is 24.3 Å². The molecule has 1 atom stereocenters. The highest BCUT2D eigenvalue weighted by Gasteiger charge is 2.20. The molecule has 1 amide bonds. The van der Waals surface area contributed by atoms with Crippen LogP contribution in [0.4, 0.5) is 0 Å². The highest BCUT2D eigenvalue weighted by molar-refractivity contribution is 5.95. The Labute approximate surface area is 113 Å². The molecule has 1 aromatic carbocycles. The molecule has 1 saturated heterocycles. The lowest BCUT2D eigenvalue weighted by Gasteiger charge is -2.32. The van der Waals surface area contributed by atoms with Gasteiger partial charge in [0.15, 0.2) is 0 Å². The van der Waals surface area contributed by atoms with Gasteiger partial charge < -0.3 is 5.11 Å². The van der Waals surface area contributed by atoms with Gasteiger partial charge in [-0.15, -0.1) is 0 Å². The molecular weight excluding hydrogens is 242 g/mol. The first-order valence-corrected chi connectivity index (χ1v) is 6.66. The number of nitrogens with two attached hydrogens (primary N) is 1. The third kappa shape index (κ3) is 3.53. The molecule has 19 heavy (non-hydrogen) atoms. The number of carbonyl (C=O) groups is 1. The number of likely N-dealkylation sites (tertiary alicyclic amines) is 1. The molecule has 1 aromatic rings. The fourth-order valence-corrected chi connectivity index (χ4v) is 2.64. The van der Waals surface area contributed by atoms with Crippen molar-refractivity contribution in [1.29, 1.82) is 0 Å². The number of aliphatic hydroxyl groups excluding tert-OH is 1. The zero-order valence-corrected chi connectivity index (χ0v) is 11.0. The zero-order chi connectivity index (χ0) is 13.7. The normalized spacial score (nSPS) is 20.2. The predicted molar refractivity (Wildman–Crippen MR) is 73.2 cm³/mol. The number of nitrogens with zero attached hydrogens (tertiary/aromatic N) is 1. The van der Waals surface area contributed by atoms with Crippen molar-refractivity contribution in [3.63, 3.8) is 0 Å². The van der Waals surface area contributed by atoms with E-state index < -0.39 is 0 Å². The Morgan fingerprint density at radius 1 is 1.47 bits per heavy atom. The second-order valence-corrected chi connectivity index (χ2v) is 5.06. The number of hydrogen-bond donors (Lipinski definition) is 3. The van der Waals surface area contributed by atoms with E-state index in [-0.39, 0.29) is 12.5 Å². The number of benzene rings is 1. The lowest BCUT2D eigenvalue weighted by atomic mass is 9.98. The molecule has 0 radical (unpaired) electrons. The van der Waals surface area contributed by atoms with Crippen molar-refractivity contribution in [1.82, 2.24) is 10.3 Å². The van der Waals surface area contributed by atoms with E-state index in [0.717, 1.165) is 38.0 Å². The molecule has 0 aromatic heterocycles. The minimum absolute atomic E-state index is 0.238. The van der Waals surface area contributed by atoms with Gasteiger partial charge in [0, 0.05) is 25.3 Å². The first-order chi connectivity index (χ1) is 9.24. The third-order valence-corrected chi connectivity index (χ3v) is 3.65. The Hall–Kier alpha value is -1.43. The van der Waals surface area contributed by atoms with Crippen LogP contribution in [0.5, 0.6) is 0 Å². The second-order valence-electron chi connectivity index (χ2n) is 5.06. The van der Waals surface area contributed by atoms with Crippen LogP contribution < -0.4 is 11.3 Å². The number of carbonyl (C=O) groups excluding carboxylic acids is 1. The minimum Gasteiger partial charge on any atom is -0.396 e. The molecule has 5 heteroatoms. The number of nitrogens with one attached hydrogen (secondary N) is 1. The number of nitrogen functional groups attached to an aromatic ring is 1.